The minimum Gasteiger partial charge on any atom is -0.383 e. The van der Waals surface area contributed by atoms with Crippen molar-refractivity contribution in [1.29, 1.82) is 0 Å². The van der Waals surface area contributed by atoms with E-state index in [-0.39, 0.29) is 6.04 Å². The molecule has 5 nitrogen and oxygen atoms in total. The van der Waals surface area contributed by atoms with Gasteiger partial charge < -0.3 is 14.8 Å². The molecular formula is C13H24BrN3O2. The maximum atomic E-state index is 5.56. The van der Waals surface area contributed by atoms with Gasteiger partial charge in [0, 0.05) is 20.3 Å². The van der Waals surface area contributed by atoms with Gasteiger partial charge in [0.2, 0.25) is 0 Å². The standard InChI is InChI=1S/C13H24BrN3O2/c1-4-7-19-8-5-12(15-2)13-11(14)10-16-17(13)6-9-18-3/h10,12,15H,4-9H2,1-3H3. The van der Waals surface area contributed by atoms with Crippen LogP contribution in [0.2, 0.25) is 0 Å². The second-order valence-corrected chi connectivity index (χ2v) is 5.19. The number of hydrogen-bond acceptors (Lipinski definition) is 4. The van der Waals surface area contributed by atoms with Crippen LogP contribution >= 0.6 is 15.9 Å². The fraction of sp³-hybridized carbons (Fsp3) is 0.769. The van der Waals surface area contributed by atoms with Gasteiger partial charge in [-0.2, -0.15) is 5.10 Å². The van der Waals surface area contributed by atoms with Gasteiger partial charge in [-0.3, -0.25) is 4.68 Å². The molecule has 0 spiro atoms. The fourth-order valence-corrected chi connectivity index (χ4v) is 2.51. The predicted molar refractivity (Wildman–Crippen MR) is 79.3 cm³/mol. The number of nitrogens with one attached hydrogen (secondary N) is 1. The SMILES string of the molecule is CCCOCCC(NC)c1c(Br)cnn1CCOC. The molecule has 0 saturated heterocycles. The quantitative estimate of drug-likeness (QED) is 0.668. The lowest BCUT2D eigenvalue weighted by atomic mass is 10.1. The van der Waals surface area contributed by atoms with E-state index in [2.05, 4.69) is 33.3 Å². The van der Waals surface area contributed by atoms with Gasteiger partial charge in [0.1, 0.15) is 0 Å². The highest BCUT2D eigenvalue weighted by Crippen LogP contribution is 2.25. The van der Waals surface area contributed by atoms with E-state index in [0.29, 0.717) is 6.61 Å². The molecule has 0 aromatic carbocycles. The molecule has 0 aliphatic rings. The van der Waals surface area contributed by atoms with Crippen LogP contribution in [0, 0.1) is 0 Å². The summed E-state index contributed by atoms with van der Waals surface area (Å²) in [4.78, 5) is 0. The molecule has 1 atom stereocenters. The average molecular weight is 334 g/mol. The lowest BCUT2D eigenvalue weighted by Crippen LogP contribution is -2.23. The summed E-state index contributed by atoms with van der Waals surface area (Å²) in [6, 6.07) is 0.227. The van der Waals surface area contributed by atoms with Gasteiger partial charge in [-0.1, -0.05) is 6.92 Å². The van der Waals surface area contributed by atoms with E-state index >= 15 is 0 Å². The van der Waals surface area contributed by atoms with Crippen molar-refractivity contribution in [2.24, 2.45) is 0 Å². The fourth-order valence-electron chi connectivity index (χ4n) is 1.94. The maximum Gasteiger partial charge on any atom is 0.0697 e. The molecule has 0 radical (unpaired) electrons. The summed E-state index contributed by atoms with van der Waals surface area (Å²) in [5, 5.41) is 7.70. The molecule has 0 saturated carbocycles. The van der Waals surface area contributed by atoms with Crippen molar-refractivity contribution >= 4 is 15.9 Å². The number of hydrogen-bond donors (Lipinski definition) is 1. The van der Waals surface area contributed by atoms with Gasteiger partial charge in [-0.25, -0.2) is 0 Å². The number of methoxy groups -OCH3 is 1. The minimum absolute atomic E-state index is 0.227. The Kier molecular flexibility index (Phi) is 8.29. The molecular weight excluding hydrogens is 310 g/mol. The number of aromatic nitrogens is 2. The zero-order valence-electron chi connectivity index (χ0n) is 12.0. The second-order valence-electron chi connectivity index (χ2n) is 4.34. The molecule has 0 aliphatic heterocycles. The van der Waals surface area contributed by atoms with Gasteiger partial charge in [0.05, 0.1) is 35.6 Å². The maximum absolute atomic E-state index is 5.56. The van der Waals surface area contributed by atoms with Gasteiger partial charge >= 0.3 is 0 Å². The molecule has 1 unspecified atom stereocenters. The molecule has 1 heterocycles. The zero-order valence-corrected chi connectivity index (χ0v) is 13.6. The van der Waals surface area contributed by atoms with Crippen LogP contribution in [0.4, 0.5) is 0 Å². The summed E-state index contributed by atoms with van der Waals surface area (Å²) in [5.74, 6) is 0. The predicted octanol–water partition coefficient (Wildman–Crippen LogP) is 2.37. The van der Waals surface area contributed by atoms with Crippen molar-refractivity contribution in [2.75, 3.05) is 34.0 Å². The second kappa shape index (κ2) is 9.47. The minimum atomic E-state index is 0.227. The van der Waals surface area contributed by atoms with E-state index < -0.39 is 0 Å². The van der Waals surface area contributed by atoms with Crippen LogP contribution in [0.15, 0.2) is 10.7 Å². The molecule has 1 rings (SSSR count). The lowest BCUT2D eigenvalue weighted by Gasteiger charge is -2.18. The van der Waals surface area contributed by atoms with E-state index in [4.69, 9.17) is 9.47 Å². The van der Waals surface area contributed by atoms with E-state index in [0.717, 1.165) is 42.8 Å². The molecule has 6 heteroatoms. The molecule has 1 aromatic heterocycles. The lowest BCUT2D eigenvalue weighted by molar-refractivity contribution is 0.124. The molecule has 0 bridgehead atoms. The summed E-state index contributed by atoms with van der Waals surface area (Å²) < 4.78 is 13.7. The summed E-state index contributed by atoms with van der Waals surface area (Å²) in [6.07, 6.45) is 3.82. The molecule has 19 heavy (non-hydrogen) atoms. The Hall–Kier alpha value is -0.430. The van der Waals surface area contributed by atoms with Crippen LogP contribution in [0.5, 0.6) is 0 Å². The smallest absolute Gasteiger partial charge is 0.0697 e. The Morgan fingerprint density at radius 1 is 1.42 bits per heavy atom. The van der Waals surface area contributed by atoms with Crippen molar-refractivity contribution < 1.29 is 9.47 Å². The Balaban J connectivity index is 2.65. The van der Waals surface area contributed by atoms with Crippen LogP contribution in [0.25, 0.3) is 0 Å². The van der Waals surface area contributed by atoms with E-state index in [1.54, 1.807) is 7.11 Å². The third-order valence-corrected chi connectivity index (χ3v) is 3.53. The summed E-state index contributed by atoms with van der Waals surface area (Å²) >= 11 is 3.57. The highest BCUT2D eigenvalue weighted by Gasteiger charge is 2.18. The van der Waals surface area contributed by atoms with Gasteiger partial charge in [-0.05, 0) is 35.8 Å². The van der Waals surface area contributed by atoms with Crippen LogP contribution in [0.1, 0.15) is 31.5 Å². The third-order valence-electron chi connectivity index (χ3n) is 2.92. The van der Waals surface area contributed by atoms with Crippen LogP contribution in [-0.2, 0) is 16.0 Å². The number of nitrogens with zero attached hydrogens (tertiary/aromatic N) is 2. The first-order valence-corrected chi connectivity index (χ1v) is 7.49. The van der Waals surface area contributed by atoms with Crippen LogP contribution < -0.4 is 5.32 Å². The summed E-state index contributed by atoms with van der Waals surface area (Å²) in [6.45, 7) is 5.10. The van der Waals surface area contributed by atoms with Crippen molar-refractivity contribution in [3.63, 3.8) is 0 Å². The molecule has 0 fully saturated rings. The largest absolute Gasteiger partial charge is 0.383 e. The van der Waals surface area contributed by atoms with E-state index in [1.165, 1.54) is 0 Å². The monoisotopic (exact) mass is 333 g/mol. The Bertz CT molecular complexity index is 358. The normalized spacial score (nSPS) is 12.8. The molecule has 0 amide bonds. The van der Waals surface area contributed by atoms with Crippen LogP contribution in [0.3, 0.4) is 0 Å². The molecule has 110 valence electrons. The Labute approximate surface area is 123 Å². The zero-order chi connectivity index (χ0) is 14.1. The average Bonchev–Trinajstić information content (AvgIpc) is 2.78. The van der Waals surface area contributed by atoms with E-state index in [9.17, 15) is 0 Å². The number of rotatable bonds is 10. The first-order valence-electron chi connectivity index (χ1n) is 6.69. The summed E-state index contributed by atoms with van der Waals surface area (Å²) in [7, 11) is 3.66. The number of ether oxygens (including phenoxy) is 2. The van der Waals surface area contributed by atoms with Crippen molar-refractivity contribution in [2.45, 2.75) is 32.4 Å². The summed E-state index contributed by atoms with van der Waals surface area (Å²) in [5.41, 5.74) is 1.15. The first-order chi connectivity index (χ1) is 9.24. The van der Waals surface area contributed by atoms with Gasteiger partial charge in [-0.15, -0.1) is 0 Å². The van der Waals surface area contributed by atoms with Crippen molar-refractivity contribution in [3.8, 4) is 0 Å². The highest BCUT2D eigenvalue weighted by atomic mass is 79.9. The molecule has 0 aliphatic carbocycles. The number of halogens is 1. The van der Waals surface area contributed by atoms with Crippen molar-refractivity contribution in [1.82, 2.24) is 15.1 Å². The highest BCUT2D eigenvalue weighted by molar-refractivity contribution is 9.10. The molecule has 1 aromatic rings. The van der Waals surface area contributed by atoms with Gasteiger partial charge in [0.25, 0.3) is 0 Å². The third kappa shape index (κ3) is 5.22. The first kappa shape index (κ1) is 16.6. The Morgan fingerprint density at radius 2 is 2.21 bits per heavy atom. The molecule has 1 N–H and O–H groups in total. The van der Waals surface area contributed by atoms with Gasteiger partial charge in [0.15, 0.2) is 0 Å². The van der Waals surface area contributed by atoms with Crippen LogP contribution in [-0.4, -0.2) is 43.8 Å². The van der Waals surface area contributed by atoms with Crippen molar-refractivity contribution in [3.05, 3.63) is 16.4 Å². The topological polar surface area (TPSA) is 48.3 Å². The Morgan fingerprint density at radius 3 is 2.84 bits per heavy atom. The van der Waals surface area contributed by atoms with E-state index in [1.807, 2.05) is 17.9 Å².